The summed E-state index contributed by atoms with van der Waals surface area (Å²) < 4.78 is 0. The zero-order valence-corrected chi connectivity index (χ0v) is 16.3. The first-order chi connectivity index (χ1) is 13.5. The molecule has 6 nitrogen and oxygen atoms in total. The topological polar surface area (TPSA) is 95.5 Å². The molecule has 0 aliphatic rings. The van der Waals surface area contributed by atoms with Crippen LogP contribution in [0.3, 0.4) is 0 Å². The van der Waals surface area contributed by atoms with Crippen LogP contribution in [0, 0.1) is 5.92 Å². The van der Waals surface area contributed by atoms with E-state index in [1.54, 1.807) is 24.3 Å². The third kappa shape index (κ3) is 7.08. The van der Waals surface area contributed by atoms with Gasteiger partial charge in [-0.25, -0.2) is 0 Å². The molecule has 148 valence electrons. The maximum atomic E-state index is 12.7. The Morgan fingerprint density at radius 1 is 0.929 bits per heavy atom. The van der Waals surface area contributed by atoms with E-state index in [1.807, 2.05) is 36.4 Å². The number of para-hydroxylation sites is 1. The largest absolute Gasteiger partial charge is 0.481 e. The van der Waals surface area contributed by atoms with Crippen molar-refractivity contribution in [3.63, 3.8) is 0 Å². The van der Waals surface area contributed by atoms with Gasteiger partial charge >= 0.3 is 5.97 Å². The molecule has 0 aromatic heterocycles. The zero-order chi connectivity index (χ0) is 20.4. The van der Waals surface area contributed by atoms with Gasteiger partial charge in [-0.15, -0.1) is 0 Å². The van der Waals surface area contributed by atoms with Gasteiger partial charge in [0.1, 0.15) is 6.04 Å². The molecule has 0 spiro atoms. The number of aliphatic carboxylic acids is 1. The van der Waals surface area contributed by atoms with Crippen LogP contribution >= 0.6 is 12.6 Å². The molecule has 2 atom stereocenters. The van der Waals surface area contributed by atoms with Crippen molar-refractivity contribution in [3.05, 3.63) is 66.2 Å². The molecule has 0 unspecified atom stereocenters. The van der Waals surface area contributed by atoms with E-state index in [2.05, 4.69) is 23.3 Å². The number of thiol groups is 1. The van der Waals surface area contributed by atoms with Crippen LogP contribution in [-0.4, -0.2) is 34.7 Å². The summed E-state index contributed by atoms with van der Waals surface area (Å²) in [5.74, 6) is -1.91. The molecule has 7 heteroatoms. The van der Waals surface area contributed by atoms with Crippen LogP contribution in [0.4, 0.5) is 5.69 Å². The summed E-state index contributed by atoms with van der Waals surface area (Å²) in [5.41, 5.74) is 1.57. The van der Waals surface area contributed by atoms with Crippen molar-refractivity contribution in [2.45, 2.75) is 25.3 Å². The summed E-state index contributed by atoms with van der Waals surface area (Å²) in [6.45, 7) is 0. The number of carbonyl (C=O) groups is 3. The summed E-state index contributed by atoms with van der Waals surface area (Å²) in [6, 6.07) is 17.4. The third-order valence-electron chi connectivity index (χ3n) is 4.24. The highest BCUT2D eigenvalue weighted by Crippen LogP contribution is 2.13. The molecule has 0 radical (unpaired) electrons. The number of amides is 2. The second-order valence-corrected chi connectivity index (χ2v) is 6.78. The Bertz CT molecular complexity index is 784. The van der Waals surface area contributed by atoms with Crippen LogP contribution in [0.25, 0.3) is 0 Å². The van der Waals surface area contributed by atoms with Crippen molar-refractivity contribution in [1.29, 1.82) is 0 Å². The lowest BCUT2D eigenvalue weighted by Gasteiger charge is -2.21. The van der Waals surface area contributed by atoms with Crippen molar-refractivity contribution < 1.29 is 19.5 Å². The van der Waals surface area contributed by atoms with Crippen molar-refractivity contribution in [1.82, 2.24) is 5.32 Å². The Kier molecular flexibility index (Phi) is 8.55. The predicted octanol–water partition coefficient (Wildman–Crippen LogP) is 2.76. The molecule has 0 bridgehead atoms. The van der Waals surface area contributed by atoms with Gasteiger partial charge in [0.2, 0.25) is 11.8 Å². The van der Waals surface area contributed by atoms with E-state index in [-0.39, 0.29) is 18.7 Å². The number of nitrogens with one attached hydrogen (secondary N) is 2. The quantitative estimate of drug-likeness (QED) is 0.461. The summed E-state index contributed by atoms with van der Waals surface area (Å²) in [7, 11) is 0. The van der Waals surface area contributed by atoms with Gasteiger partial charge in [0, 0.05) is 17.9 Å². The molecule has 0 aliphatic heterocycles. The number of anilines is 1. The van der Waals surface area contributed by atoms with E-state index in [9.17, 15) is 14.4 Å². The lowest BCUT2D eigenvalue weighted by Crippen LogP contribution is -2.47. The van der Waals surface area contributed by atoms with Crippen LogP contribution in [0.5, 0.6) is 0 Å². The van der Waals surface area contributed by atoms with Gasteiger partial charge in [-0.05, 0) is 30.5 Å². The van der Waals surface area contributed by atoms with E-state index in [0.717, 1.165) is 5.56 Å². The summed E-state index contributed by atoms with van der Waals surface area (Å²) >= 11 is 4.27. The molecule has 2 rings (SSSR count). The van der Waals surface area contributed by atoms with Gasteiger partial charge in [0.25, 0.3) is 0 Å². The Hall–Kier alpha value is -2.80. The number of rotatable bonds is 10. The smallest absolute Gasteiger partial charge is 0.303 e. The average molecular weight is 401 g/mol. The maximum absolute atomic E-state index is 12.7. The molecule has 3 N–H and O–H groups in total. The first-order valence-electron chi connectivity index (χ1n) is 9.02. The van der Waals surface area contributed by atoms with Crippen molar-refractivity contribution in [2.75, 3.05) is 11.1 Å². The monoisotopic (exact) mass is 400 g/mol. The fourth-order valence-electron chi connectivity index (χ4n) is 2.72. The van der Waals surface area contributed by atoms with Gasteiger partial charge in [0.05, 0.1) is 5.92 Å². The first kappa shape index (κ1) is 21.5. The molecule has 28 heavy (non-hydrogen) atoms. The molecule has 0 saturated heterocycles. The number of carbonyl (C=O) groups excluding carboxylic acids is 2. The van der Waals surface area contributed by atoms with Gasteiger partial charge in [-0.1, -0.05) is 48.5 Å². The minimum Gasteiger partial charge on any atom is -0.481 e. The van der Waals surface area contributed by atoms with E-state index in [4.69, 9.17) is 5.11 Å². The fraction of sp³-hybridized carbons (Fsp3) is 0.286. The number of benzene rings is 2. The highest BCUT2D eigenvalue weighted by molar-refractivity contribution is 7.80. The molecule has 0 aliphatic carbocycles. The van der Waals surface area contributed by atoms with Crippen molar-refractivity contribution in [2.24, 2.45) is 5.92 Å². The van der Waals surface area contributed by atoms with Crippen molar-refractivity contribution >= 4 is 36.1 Å². The maximum Gasteiger partial charge on any atom is 0.303 e. The lowest BCUT2D eigenvalue weighted by molar-refractivity contribution is -0.137. The minimum absolute atomic E-state index is 0.00433. The molecule has 2 aromatic rings. The highest BCUT2D eigenvalue weighted by Gasteiger charge is 2.26. The second-order valence-electron chi connectivity index (χ2n) is 6.42. The average Bonchev–Trinajstić information content (AvgIpc) is 2.70. The minimum atomic E-state index is -1.03. The summed E-state index contributed by atoms with van der Waals surface area (Å²) in [5, 5.41) is 14.4. The first-order valence-corrected chi connectivity index (χ1v) is 9.65. The number of hydrogen-bond donors (Lipinski definition) is 4. The fourth-order valence-corrected chi connectivity index (χ4v) is 3.01. The van der Waals surface area contributed by atoms with Crippen LogP contribution < -0.4 is 10.6 Å². The van der Waals surface area contributed by atoms with Crippen LogP contribution in [0.1, 0.15) is 18.4 Å². The van der Waals surface area contributed by atoms with Gasteiger partial charge in [-0.2, -0.15) is 12.6 Å². The second kappa shape index (κ2) is 11.1. The molecule has 0 saturated carbocycles. The SMILES string of the molecule is O=C(O)CC[C@H](NC(=O)[C@@H](CS)Cc1ccccc1)C(=O)Nc1ccccc1. The molecular weight excluding hydrogens is 376 g/mol. The lowest BCUT2D eigenvalue weighted by atomic mass is 9.99. The third-order valence-corrected chi connectivity index (χ3v) is 4.68. The number of hydrogen-bond acceptors (Lipinski definition) is 4. The molecule has 0 fully saturated rings. The molecular formula is C21H24N2O4S. The molecule has 0 heterocycles. The Morgan fingerprint density at radius 2 is 1.54 bits per heavy atom. The van der Waals surface area contributed by atoms with Crippen LogP contribution in [-0.2, 0) is 20.8 Å². The molecule has 2 aromatic carbocycles. The standard InChI is InChI=1S/C21H24N2O4S/c24-19(25)12-11-18(21(27)22-17-9-5-2-6-10-17)23-20(26)16(14-28)13-15-7-3-1-4-8-15/h1-10,16,18,28H,11-14H2,(H,22,27)(H,23,26)(H,24,25)/t16-,18+/m1/s1. The summed E-state index contributed by atoms with van der Waals surface area (Å²) in [6.07, 6.45) is 0.268. The predicted molar refractivity (Wildman–Crippen MR) is 111 cm³/mol. The van der Waals surface area contributed by atoms with Gasteiger partial charge < -0.3 is 15.7 Å². The normalized spacial score (nSPS) is 12.6. The van der Waals surface area contributed by atoms with E-state index < -0.39 is 23.8 Å². The molecule has 2 amide bonds. The van der Waals surface area contributed by atoms with Gasteiger partial charge in [-0.3, -0.25) is 14.4 Å². The van der Waals surface area contributed by atoms with Crippen molar-refractivity contribution in [3.8, 4) is 0 Å². The summed E-state index contributed by atoms with van der Waals surface area (Å²) in [4.78, 5) is 36.2. The van der Waals surface area contributed by atoms with Gasteiger partial charge in [0.15, 0.2) is 0 Å². The Labute approximate surface area is 169 Å². The number of carboxylic acid groups (broad SMARTS) is 1. The van der Waals surface area contributed by atoms with E-state index in [1.165, 1.54) is 0 Å². The number of carboxylic acids is 1. The Morgan fingerprint density at radius 3 is 2.11 bits per heavy atom. The van der Waals surface area contributed by atoms with E-state index in [0.29, 0.717) is 17.9 Å². The highest BCUT2D eigenvalue weighted by atomic mass is 32.1. The zero-order valence-electron chi connectivity index (χ0n) is 15.4. The van der Waals surface area contributed by atoms with Crippen LogP contribution in [0.2, 0.25) is 0 Å². The Balaban J connectivity index is 2.05. The van der Waals surface area contributed by atoms with E-state index >= 15 is 0 Å². The van der Waals surface area contributed by atoms with Crippen LogP contribution in [0.15, 0.2) is 60.7 Å².